The van der Waals surface area contributed by atoms with Crippen molar-refractivity contribution in [2.24, 2.45) is 5.41 Å². The Labute approximate surface area is 119 Å². The summed E-state index contributed by atoms with van der Waals surface area (Å²) < 4.78 is 0. The molecule has 0 atom stereocenters. The van der Waals surface area contributed by atoms with E-state index in [4.69, 9.17) is 5.11 Å². The van der Waals surface area contributed by atoms with Crippen LogP contribution < -0.4 is 5.32 Å². The number of aromatic carboxylic acids is 1. The Balaban J connectivity index is 1.93. The van der Waals surface area contributed by atoms with Gasteiger partial charge in [0.25, 0.3) is 5.91 Å². The highest BCUT2D eigenvalue weighted by Gasteiger charge is 2.27. The number of amides is 1. The van der Waals surface area contributed by atoms with Crippen LogP contribution in [-0.4, -0.2) is 23.0 Å². The quantitative estimate of drug-likeness (QED) is 0.890. The van der Waals surface area contributed by atoms with E-state index >= 15 is 0 Å². The van der Waals surface area contributed by atoms with Gasteiger partial charge >= 0.3 is 5.97 Å². The van der Waals surface area contributed by atoms with Crippen molar-refractivity contribution in [1.29, 1.82) is 0 Å². The molecule has 4 heteroatoms. The molecule has 0 bridgehead atoms. The van der Waals surface area contributed by atoms with Crippen LogP contribution in [0.15, 0.2) is 24.3 Å². The van der Waals surface area contributed by atoms with Crippen molar-refractivity contribution in [2.45, 2.75) is 45.6 Å². The SMILES string of the molecule is CC1(C)CCC(NC(=O)c2ccc(C(=O)O)cc2)CC1. The number of rotatable bonds is 3. The molecule has 0 aromatic heterocycles. The van der Waals surface area contributed by atoms with Crippen LogP contribution in [0.2, 0.25) is 0 Å². The molecular weight excluding hydrogens is 254 g/mol. The molecule has 1 aliphatic rings. The molecule has 2 N–H and O–H groups in total. The van der Waals surface area contributed by atoms with E-state index in [1.54, 1.807) is 12.1 Å². The molecule has 0 spiro atoms. The van der Waals surface area contributed by atoms with E-state index in [9.17, 15) is 9.59 Å². The summed E-state index contributed by atoms with van der Waals surface area (Å²) in [6.07, 6.45) is 4.25. The first-order chi connectivity index (χ1) is 9.37. The Morgan fingerprint density at radius 2 is 1.60 bits per heavy atom. The average Bonchev–Trinajstić information content (AvgIpc) is 2.41. The Kier molecular flexibility index (Phi) is 4.12. The Morgan fingerprint density at radius 1 is 1.10 bits per heavy atom. The van der Waals surface area contributed by atoms with Gasteiger partial charge in [0.15, 0.2) is 0 Å². The van der Waals surface area contributed by atoms with Crippen molar-refractivity contribution in [1.82, 2.24) is 5.32 Å². The Hall–Kier alpha value is -1.84. The fraction of sp³-hybridized carbons (Fsp3) is 0.500. The smallest absolute Gasteiger partial charge is 0.335 e. The predicted molar refractivity (Wildman–Crippen MR) is 76.9 cm³/mol. The molecule has 1 aromatic carbocycles. The van der Waals surface area contributed by atoms with Crippen molar-refractivity contribution in [3.63, 3.8) is 0 Å². The van der Waals surface area contributed by atoms with Crippen LogP contribution in [0.1, 0.15) is 60.2 Å². The number of carbonyl (C=O) groups is 2. The van der Waals surface area contributed by atoms with Gasteiger partial charge < -0.3 is 10.4 Å². The van der Waals surface area contributed by atoms with Gasteiger partial charge in [-0.1, -0.05) is 13.8 Å². The summed E-state index contributed by atoms with van der Waals surface area (Å²) in [4.78, 5) is 22.9. The lowest BCUT2D eigenvalue weighted by Crippen LogP contribution is -2.39. The fourth-order valence-electron chi connectivity index (χ4n) is 2.58. The van der Waals surface area contributed by atoms with Gasteiger partial charge in [-0.05, 0) is 55.4 Å². The number of carboxylic acid groups (broad SMARTS) is 1. The largest absolute Gasteiger partial charge is 0.478 e. The van der Waals surface area contributed by atoms with Crippen LogP contribution in [0.4, 0.5) is 0 Å². The summed E-state index contributed by atoms with van der Waals surface area (Å²) in [5, 5.41) is 11.9. The van der Waals surface area contributed by atoms with Crippen LogP contribution in [0.5, 0.6) is 0 Å². The molecule has 20 heavy (non-hydrogen) atoms. The van der Waals surface area contributed by atoms with Gasteiger partial charge in [-0.15, -0.1) is 0 Å². The Bertz CT molecular complexity index is 495. The van der Waals surface area contributed by atoms with E-state index in [1.807, 2.05) is 0 Å². The lowest BCUT2D eigenvalue weighted by atomic mass is 9.75. The third kappa shape index (κ3) is 3.59. The minimum atomic E-state index is -0.980. The lowest BCUT2D eigenvalue weighted by Gasteiger charge is -2.34. The molecule has 0 aliphatic heterocycles. The van der Waals surface area contributed by atoms with Crippen molar-refractivity contribution in [3.8, 4) is 0 Å². The minimum absolute atomic E-state index is 0.119. The predicted octanol–water partition coefficient (Wildman–Crippen LogP) is 3.08. The zero-order valence-corrected chi connectivity index (χ0v) is 12.0. The lowest BCUT2D eigenvalue weighted by molar-refractivity contribution is 0.0696. The van der Waals surface area contributed by atoms with Crippen molar-refractivity contribution in [3.05, 3.63) is 35.4 Å². The van der Waals surface area contributed by atoms with Crippen LogP contribution in [-0.2, 0) is 0 Å². The molecule has 0 unspecified atom stereocenters. The number of hydrogen-bond donors (Lipinski definition) is 2. The van der Waals surface area contributed by atoms with Crippen LogP contribution in [0.3, 0.4) is 0 Å². The van der Waals surface area contributed by atoms with Gasteiger partial charge in [0, 0.05) is 11.6 Å². The second-order valence-corrected chi connectivity index (χ2v) is 6.29. The molecule has 2 rings (SSSR count). The average molecular weight is 275 g/mol. The normalized spacial score (nSPS) is 18.5. The van der Waals surface area contributed by atoms with Crippen molar-refractivity contribution < 1.29 is 14.7 Å². The summed E-state index contributed by atoms with van der Waals surface area (Å²) in [6.45, 7) is 4.52. The summed E-state index contributed by atoms with van der Waals surface area (Å²) in [5.74, 6) is -1.10. The van der Waals surface area contributed by atoms with Gasteiger partial charge in [0.05, 0.1) is 5.56 Å². The minimum Gasteiger partial charge on any atom is -0.478 e. The topological polar surface area (TPSA) is 66.4 Å². The number of carboxylic acids is 1. The second-order valence-electron chi connectivity index (χ2n) is 6.29. The van der Waals surface area contributed by atoms with Gasteiger partial charge in [-0.3, -0.25) is 4.79 Å². The van der Waals surface area contributed by atoms with Gasteiger partial charge in [-0.25, -0.2) is 4.79 Å². The van der Waals surface area contributed by atoms with Crippen molar-refractivity contribution >= 4 is 11.9 Å². The maximum atomic E-state index is 12.1. The highest BCUT2D eigenvalue weighted by atomic mass is 16.4. The van der Waals surface area contributed by atoms with Crippen LogP contribution in [0.25, 0.3) is 0 Å². The Morgan fingerprint density at radius 3 is 2.10 bits per heavy atom. The number of benzene rings is 1. The van der Waals surface area contributed by atoms with Gasteiger partial charge in [0.2, 0.25) is 0 Å². The molecule has 1 aliphatic carbocycles. The second kappa shape index (κ2) is 5.65. The molecule has 1 amide bonds. The highest BCUT2D eigenvalue weighted by Crippen LogP contribution is 2.35. The monoisotopic (exact) mass is 275 g/mol. The van der Waals surface area contributed by atoms with E-state index in [-0.39, 0.29) is 17.5 Å². The number of carbonyl (C=O) groups excluding carboxylic acids is 1. The highest BCUT2D eigenvalue weighted by molar-refractivity contribution is 5.96. The molecule has 1 saturated carbocycles. The van der Waals surface area contributed by atoms with Gasteiger partial charge in [-0.2, -0.15) is 0 Å². The molecule has 108 valence electrons. The molecule has 0 heterocycles. The fourth-order valence-corrected chi connectivity index (χ4v) is 2.58. The van der Waals surface area contributed by atoms with E-state index in [1.165, 1.54) is 12.1 Å². The van der Waals surface area contributed by atoms with E-state index in [2.05, 4.69) is 19.2 Å². The van der Waals surface area contributed by atoms with E-state index in [0.717, 1.165) is 25.7 Å². The molecular formula is C16H21NO3. The third-order valence-electron chi connectivity index (χ3n) is 4.07. The third-order valence-corrected chi connectivity index (χ3v) is 4.07. The standard InChI is InChI=1S/C16H21NO3/c1-16(2)9-7-13(8-10-16)17-14(18)11-3-5-12(6-4-11)15(19)20/h3-6,13H,7-10H2,1-2H3,(H,17,18)(H,19,20). The maximum absolute atomic E-state index is 12.1. The molecule has 0 saturated heterocycles. The summed E-state index contributed by atoms with van der Waals surface area (Å²) in [5.41, 5.74) is 1.09. The van der Waals surface area contributed by atoms with Crippen LogP contribution in [0, 0.1) is 5.41 Å². The molecule has 1 aromatic rings. The van der Waals surface area contributed by atoms with E-state index in [0.29, 0.717) is 11.0 Å². The molecule has 1 fully saturated rings. The van der Waals surface area contributed by atoms with E-state index < -0.39 is 5.97 Å². The summed E-state index contributed by atoms with van der Waals surface area (Å²) in [7, 11) is 0. The first kappa shape index (κ1) is 14.6. The van der Waals surface area contributed by atoms with Gasteiger partial charge in [0.1, 0.15) is 0 Å². The first-order valence-electron chi connectivity index (χ1n) is 7.02. The van der Waals surface area contributed by atoms with Crippen LogP contribution >= 0.6 is 0 Å². The zero-order valence-electron chi connectivity index (χ0n) is 12.0. The zero-order chi connectivity index (χ0) is 14.8. The summed E-state index contributed by atoms with van der Waals surface area (Å²) in [6, 6.07) is 6.27. The summed E-state index contributed by atoms with van der Waals surface area (Å²) >= 11 is 0. The first-order valence-corrected chi connectivity index (χ1v) is 7.02. The van der Waals surface area contributed by atoms with Crippen molar-refractivity contribution in [2.75, 3.05) is 0 Å². The molecule has 4 nitrogen and oxygen atoms in total. The number of nitrogens with one attached hydrogen (secondary N) is 1. The maximum Gasteiger partial charge on any atom is 0.335 e. The number of hydrogen-bond acceptors (Lipinski definition) is 2. The molecule has 0 radical (unpaired) electrons.